The molecular weight excluding hydrogens is 252 g/mol. The van der Waals surface area contributed by atoms with Gasteiger partial charge in [-0.15, -0.1) is 0 Å². The van der Waals surface area contributed by atoms with Gasteiger partial charge in [0.1, 0.15) is 5.75 Å². The first-order valence-corrected chi connectivity index (χ1v) is 6.63. The molecule has 104 valence electrons. The fourth-order valence-electron chi connectivity index (χ4n) is 2.08. The van der Waals surface area contributed by atoms with Crippen molar-refractivity contribution < 1.29 is 9.53 Å². The molecule has 0 aliphatic rings. The van der Waals surface area contributed by atoms with Crippen LogP contribution in [0, 0.1) is 6.92 Å². The number of nitrogens with zero attached hydrogens (tertiary/aromatic N) is 2. The Balaban J connectivity index is 2.25. The SMILES string of the molecule is CCc1nnc(C)cc1C(=O)Cc1cccc(OC)c1. The first kappa shape index (κ1) is 14.2. The average molecular weight is 270 g/mol. The summed E-state index contributed by atoms with van der Waals surface area (Å²) >= 11 is 0. The molecule has 0 bridgehead atoms. The van der Waals surface area contributed by atoms with E-state index in [2.05, 4.69) is 10.2 Å². The number of carbonyl (C=O) groups excluding carboxylic acids is 1. The van der Waals surface area contributed by atoms with Gasteiger partial charge in [0, 0.05) is 12.0 Å². The van der Waals surface area contributed by atoms with E-state index in [1.165, 1.54) is 0 Å². The van der Waals surface area contributed by atoms with Crippen molar-refractivity contribution >= 4 is 5.78 Å². The van der Waals surface area contributed by atoms with Gasteiger partial charge < -0.3 is 4.74 Å². The molecule has 1 aromatic carbocycles. The number of hydrogen-bond acceptors (Lipinski definition) is 4. The van der Waals surface area contributed by atoms with Gasteiger partial charge in [-0.25, -0.2) is 0 Å². The number of aromatic nitrogens is 2. The lowest BCUT2D eigenvalue weighted by atomic mass is 10.0. The molecule has 0 aliphatic carbocycles. The third-order valence-electron chi connectivity index (χ3n) is 3.13. The maximum absolute atomic E-state index is 12.4. The lowest BCUT2D eigenvalue weighted by Gasteiger charge is -2.07. The van der Waals surface area contributed by atoms with Crippen LogP contribution in [0.4, 0.5) is 0 Å². The molecule has 0 saturated carbocycles. The quantitative estimate of drug-likeness (QED) is 0.784. The summed E-state index contributed by atoms with van der Waals surface area (Å²) in [4.78, 5) is 12.4. The highest BCUT2D eigenvalue weighted by atomic mass is 16.5. The maximum atomic E-state index is 12.4. The smallest absolute Gasteiger partial charge is 0.169 e. The molecule has 0 radical (unpaired) electrons. The summed E-state index contributed by atoms with van der Waals surface area (Å²) in [5.41, 5.74) is 3.12. The van der Waals surface area contributed by atoms with Crippen LogP contribution in [0.3, 0.4) is 0 Å². The van der Waals surface area contributed by atoms with E-state index in [0.29, 0.717) is 18.4 Å². The zero-order valence-corrected chi connectivity index (χ0v) is 12.0. The summed E-state index contributed by atoms with van der Waals surface area (Å²) < 4.78 is 5.17. The molecule has 0 saturated heterocycles. The van der Waals surface area contributed by atoms with Crippen LogP contribution < -0.4 is 4.74 Å². The van der Waals surface area contributed by atoms with E-state index in [-0.39, 0.29) is 5.78 Å². The number of ether oxygens (including phenoxy) is 1. The summed E-state index contributed by atoms with van der Waals surface area (Å²) in [6, 6.07) is 9.37. The second-order valence-corrected chi connectivity index (χ2v) is 4.65. The number of hydrogen-bond donors (Lipinski definition) is 0. The fourth-order valence-corrected chi connectivity index (χ4v) is 2.08. The van der Waals surface area contributed by atoms with Crippen molar-refractivity contribution in [3.8, 4) is 5.75 Å². The normalized spacial score (nSPS) is 10.3. The molecule has 0 atom stereocenters. The molecule has 0 amide bonds. The predicted molar refractivity (Wildman–Crippen MR) is 77.2 cm³/mol. The van der Waals surface area contributed by atoms with E-state index in [0.717, 1.165) is 22.7 Å². The highest BCUT2D eigenvalue weighted by Gasteiger charge is 2.13. The van der Waals surface area contributed by atoms with E-state index in [9.17, 15) is 4.79 Å². The Kier molecular flexibility index (Phi) is 4.45. The van der Waals surface area contributed by atoms with Crippen molar-refractivity contribution in [2.24, 2.45) is 0 Å². The molecule has 4 nitrogen and oxygen atoms in total. The monoisotopic (exact) mass is 270 g/mol. The zero-order chi connectivity index (χ0) is 14.5. The van der Waals surface area contributed by atoms with Crippen molar-refractivity contribution in [1.29, 1.82) is 0 Å². The molecule has 0 unspecified atom stereocenters. The number of ketones is 1. The molecule has 2 aromatic rings. The maximum Gasteiger partial charge on any atom is 0.169 e. The van der Waals surface area contributed by atoms with Gasteiger partial charge in [0.25, 0.3) is 0 Å². The van der Waals surface area contributed by atoms with E-state index >= 15 is 0 Å². The van der Waals surface area contributed by atoms with E-state index in [4.69, 9.17) is 4.74 Å². The minimum absolute atomic E-state index is 0.0631. The zero-order valence-electron chi connectivity index (χ0n) is 12.0. The first-order valence-electron chi connectivity index (χ1n) is 6.63. The summed E-state index contributed by atoms with van der Waals surface area (Å²) in [7, 11) is 1.62. The van der Waals surface area contributed by atoms with Gasteiger partial charge in [-0.05, 0) is 37.1 Å². The third kappa shape index (κ3) is 3.20. The largest absolute Gasteiger partial charge is 0.497 e. The van der Waals surface area contributed by atoms with Crippen LogP contribution in [0.25, 0.3) is 0 Å². The Morgan fingerprint density at radius 3 is 2.75 bits per heavy atom. The molecular formula is C16H18N2O2. The van der Waals surface area contributed by atoms with Crippen LogP contribution >= 0.6 is 0 Å². The van der Waals surface area contributed by atoms with Crippen LogP contribution in [0.15, 0.2) is 30.3 Å². The molecule has 2 rings (SSSR count). The highest BCUT2D eigenvalue weighted by molar-refractivity contribution is 5.98. The molecule has 0 aliphatic heterocycles. The minimum Gasteiger partial charge on any atom is -0.497 e. The number of benzene rings is 1. The van der Waals surface area contributed by atoms with Crippen molar-refractivity contribution in [1.82, 2.24) is 10.2 Å². The Hall–Kier alpha value is -2.23. The standard InChI is InChI=1S/C16H18N2O2/c1-4-15-14(8-11(2)17-18-15)16(19)10-12-6-5-7-13(9-12)20-3/h5-9H,4,10H2,1-3H3. The predicted octanol–water partition coefficient (Wildman–Crippen LogP) is 2.78. The number of carbonyl (C=O) groups is 1. The molecule has 0 spiro atoms. The Labute approximate surface area is 118 Å². The van der Waals surface area contributed by atoms with Crippen LogP contribution in [0.2, 0.25) is 0 Å². The van der Waals surface area contributed by atoms with Crippen LogP contribution in [0.1, 0.15) is 34.2 Å². The highest BCUT2D eigenvalue weighted by Crippen LogP contribution is 2.16. The second kappa shape index (κ2) is 6.28. The number of rotatable bonds is 5. The van der Waals surface area contributed by atoms with Crippen molar-refractivity contribution in [2.45, 2.75) is 26.7 Å². The Morgan fingerprint density at radius 1 is 1.25 bits per heavy atom. The van der Waals surface area contributed by atoms with Crippen molar-refractivity contribution in [3.63, 3.8) is 0 Å². The first-order chi connectivity index (χ1) is 9.63. The van der Waals surface area contributed by atoms with Crippen LogP contribution in [-0.4, -0.2) is 23.1 Å². The van der Waals surface area contributed by atoms with Crippen molar-refractivity contribution in [3.05, 3.63) is 52.8 Å². The number of Topliss-reactive ketones (excluding diaryl/α,β-unsaturated/α-hetero) is 1. The average Bonchev–Trinajstić information content (AvgIpc) is 2.47. The van der Waals surface area contributed by atoms with Crippen LogP contribution in [-0.2, 0) is 12.8 Å². The summed E-state index contributed by atoms with van der Waals surface area (Å²) in [6.45, 7) is 3.82. The minimum atomic E-state index is 0.0631. The van der Waals surface area contributed by atoms with Gasteiger partial charge in [0.2, 0.25) is 0 Å². The third-order valence-corrected chi connectivity index (χ3v) is 3.13. The van der Waals surface area contributed by atoms with Crippen molar-refractivity contribution in [2.75, 3.05) is 7.11 Å². The summed E-state index contributed by atoms with van der Waals surface area (Å²) in [5.74, 6) is 0.822. The summed E-state index contributed by atoms with van der Waals surface area (Å²) in [6.07, 6.45) is 1.04. The number of methoxy groups -OCH3 is 1. The lowest BCUT2D eigenvalue weighted by Crippen LogP contribution is -2.10. The Bertz CT molecular complexity index is 624. The topological polar surface area (TPSA) is 52.1 Å². The van der Waals surface area contributed by atoms with E-state index in [1.54, 1.807) is 7.11 Å². The number of aryl methyl sites for hydroxylation is 2. The van der Waals surface area contributed by atoms with Crippen LogP contribution in [0.5, 0.6) is 5.75 Å². The van der Waals surface area contributed by atoms with E-state index < -0.39 is 0 Å². The Morgan fingerprint density at radius 2 is 2.05 bits per heavy atom. The van der Waals surface area contributed by atoms with Gasteiger partial charge in [-0.1, -0.05) is 19.1 Å². The molecule has 0 N–H and O–H groups in total. The summed E-state index contributed by atoms with van der Waals surface area (Å²) in [5, 5.41) is 8.10. The van der Waals surface area contributed by atoms with Gasteiger partial charge in [0.05, 0.1) is 18.5 Å². The lowest BCUT2D eigenvalue weighted by molar-refractivity contribution is 0.0991. The second-order valence-electron chi connectivity index (χ2n) is 4.65. The molecule has 20 heavy (non-hydrogen) atoms. The van der Waals surface area contributed by atoms with Gasteiger partial charge in [-0.2, -0.15) is 10.2 Å². The van der Waals surface area contributed by atoms with E-state index in [1.807, 2.05) is 44.2 Å². The van der Waals surface area contributed by atoms with Gasteiger partial charge in [0.15, 0.2) is 5.78 Å². The van der Waals surface area contributed by atoms with Gasteiger partial charge in [-0.3, -0.25) is 4.79 Å². The molecule has 1 aromatic heterocycles. The fraction of sp³-hybridized carbons (Fsp3) is 0.312. The molecule has 0 fully saturated rings. The van der Waals surface area contributed by atoms with Gasteiger partial charge >= 0.3 is 0 Å². The molecule has 1 heterocycles. The molecule has 4 heteroatoms.